The highest BCUT2D eigenvalue weighted by molar-refractivity contribution is 7.15. The number of nitrogens with zero attached hydrogens (tertiary/aromatic N) is 2. The summed E-state index contributed by atoms with van der Waals surface area (Å²) in [5.74, 6) is 0.822. The zero-order chi connectivity index (χ0) is 12.5. The van der Waals surface area contributed by atoms with Crippen LogP contribution in [-0.2, 0) is 0 Å². The summed E-state index contributed by atoms with van der Waals surface area (Å²) >= 11 is 1.75. The molecular weight excluding hydrogens is 242 g/mol. The first-order valence-corrected chi connectivity index (χ1v) is 6.61. The SMILES string of the molecule is CNc1nnc(-c2ccc(C)s2)c2ccccc12. The van der Waals surface area contributed by atoms with E-state index in [0.717, 1.165) is 22.3 Å². The molecule has 0 saturated heterocycles. The van der Waals surface area contributed by atoms with Crippen LogP contribution in [0.15, 0.2) is 36.4 Å². The number of hydrogen-bond donors (Lipinski definition) is 1. The zero-order valence-electron chi connectivity index (χ0n) is 10.3. The summed E-state index contributed by atoms with van der Waals surface area (Å²) in [6.45, 7) is 2.10. The van der Waals surface area contributed by atoms with Crippen molar-refractivity contribution >= 4 is 27.9 Å². The Bertz CT molecular complexity index is 703. The summed E-state index contributed by atoms with van der Waals surface area (Å²) in [5.41, 5.74) is 0.961. The van der Waals surface area contributed by atoms with Gasteiger partial charge in [-0.05, 0) is 19.1 Å². The van der Waals surface area contributed by atoms with E-state index in [2.05, 4.69) is 46.7 Å². The van der Waals surface area contributed by atoms with E-state index in [9.17, 15) is 0 Å². The number of fused-ring (bicyclic) bond motifs is 1. The van der Waals surface area contributed by atoms with Crippen LogP contribution in [0.3, 0.4) is 0 Å². The Morgan fingerprint density at radius 2 is 1.78 bits per heavy atom. The van der Waals surface area contributed by atoms with E-state index >= 15 is 0 Å². The monoisotopic (exact) mass is 255 g/mol. The van der Waals surface area contributed by atoms with Gasteiger partial charge in [-0.25, -0.2) is 0 Å². The van der Waals surface area contributed by atoms with E-state index in [-0.39, 0.29) is 0 Å². The summed E-state index contributed by atoms with van der Waals surface area (Å²) < 4.78 is 0. The normalized spacial score (nSPS) is 10.8. The Hall–Kier alpha value is -1.94. The number of benzene rings is 1. The molecule has 0 saturated carbocycles. The number of thiophene rings is 1. The predicted molar refractivity (Wildman–Crippen MR) is 77.1 cm³/mol. The average molecular weight is 255 g/mol. The molecular formula is C14H13N3S. The molecule has 1 N–H and O–H groups in total. The van der Waals surface area contributed by atoms with Gasteiger partial charge in [0, 0.05) is 22.7 Å². The lowest BCUT2D eigenvalue weighted by atomic mass is 10.1. The van der Waals surface area contributed by atoms with Gasteiger partial charge < -0.3 is 5.32 Å². The summed E-state index contributed by atoms with van der Waals surface area (Å²) in [6.07, 6.45) is 0. The Kier molecular flexibility index (Phi) is 2.72. The van der Waals surface area contributed by atoms with Crippen LogP contribution in [0.1, 0.15) is 4.88 Å². The second-order valence-electron chi connectivity index (χ2n) is 4.10. The molecule has 0 bridgehead atoms. The molecule has 0 aliphatic heterocycles. The van der Waals surface area contributed by atoms with Crippen LogP contribution >= 0.6 is 11.3 Å². The van der Waals surface area contributed by atoms with Gasteiger partial charge in [-0.15, -0.1) is 21.5 Å². The number of aryl methyl sites for hydroxylation is 1. The van der Waals surface area contributed by atoms with E-state index in [1.54, 1.807) is 11.3 Å². The van der Waals surface area contributed by atoms with E-state index in [0.29, 0.717) is 0 Å². The largest absolute Gasteiger partial charge is 0.371 e. The highest BCUT2D eigenvalue weighted by Crippen LogP contribution is 2.33. The maximum Gasteiger partial charge on any atom is 0.156 e. The molecule has 4 heteroatoms. The molecule has 0 atom stereocenters. The summed E-state index contributed by atoms with van der Waals surface area (Å²) in [5, 5.41) is 13.9. The molecule has 0 spiro atoms. The van der Waals surface area contributed by atoms with Gasteiger partial charge in [0.25, 0.3) is 0 Å². The molecule has 0 aliphatic carbocycles. The van der Waals surface area contributed by atoms with Crippen LogP contribution in [0, 0.1) is 6.92 Å². The third-order valence-electron chi connectivity index (χ3n) is 2.90. The second-order valence-corrected chi connectivity index (χ2v) is 5.39. The fraction of sp³-hybridized carbons (Fsp3) is 0.143. The van der Waals surface area contributed by atoms with Crippen molar-refractivity contribution in [2.45, 2.75) is 6.92 Å². The van der Waals surface area contributed by atoms with Crippen LogP contribution in [0.5, 0.6) is 0 Å². The Morgan fingerprint density at radius 1 is 1.00 bits per heavy atom. The topological polar surface area (TPSA) is 37.8 Å². The quantitative estimate of drug-likeness (QED) is 0.758. The minimum Gasteiger partial charge on any atom is -0.371 e. The molecule has 2 aromatic heterocycles. The lowest BCUT2D eigenvalue weighted by Crippen LogP contribution is -1.97. The molecule has 0 radical (unpaired) electrons. The van der Waals surface area contributed by atoms with Crippen molar-refractivity contribution in [2.75, 3.05) is 12.4 Å². The maximum atomic E-state index is 4.36. The Labute approximate surface area is 109 Å². The first-order chi connectivity index (χ1) is 8.79. The highest BCUT2D eigenvalue weighted by Gasteiger charge is 2.10. The Balaban J connectivity index is 2.31. The standard InChI is InChI=1S/C14H13N3S/c1-9-7-8-12(18-9)13-10-5-3-4-6-11(10)14(15-2)17-16-13/h3-8H,1-2H3,(H,15,17). The molecule has 3 aromatic rings. The molecule has 18 heavy (non-hydrogen) atoms. The highest BCUT2D eigenvalue weighted by atomic mass is 32.1. The molecule has 3 nitrogen and oxygen atoms in total. The van der Waals surface area contributed by atoms with Gasteiger partial charge in [0.2, 0.25) is 0 Å². The van der Waals surface area contributed by atoms with Crippen LogP contribution < -0.4 is 5.32 Å². The number of hydrogen-bond acceptors (Lipinski definition) is 4. The van der Waals surface area contributed by atoms with Crippen molar-refractivity contribution in [1.82, 2.24) is 10.2 Å². The van der Waals surface area contributed by atoms with Crippen molar-refractivity contribution < 1.29 is 0 Å². The first-order valence-electron chi connectivity index (χ1n) is 5.79. The fourth-order valence-corrected chi connectivity index (χ4v) is 2.90. The van der Waals surface area contributed by atoms with Crippen molar-refractivity contribution in [1.29, 1.82) is 0 Å². The number of aromatic nitrogens is 2. The fourth-order valence-electron chi connectivity index (χ4n) is 2.03. The van der Waals surface area contributed by atoms with Crippen LogP contribution in [0.25, 0.3) is 21.3 Å². The van der Waals surface area contributed by atoms with Gasteiger partial charge in [-0.2, -0.15) is 0 Å². The summed E-state index contributed by atoms with van der Waals surface area (Å²) in [7, 11) is 1.87. The molecule has 3 rings (SSSR count). The van der Waals surface area contributed by atoms with E-state index in [4.69, 9.17) is 0 Å². The van der Waals surface area contributed by atoms with Crippen molar-refractivity contribution in [3.05, 3.63) is 41.3 Å². The molecule has 0 fully saturated rings. The number of anilines is 1. The van der Waals surface area contributed by atoms with Crippen LogP contribution in [0.2, 0.25) is 0 Å². The van der Waals surface area contributed by atoms with E-state index < -0.39 is 0 Å². The van der Waals surface area contributed by atoms with Gasteiger partial charge in [0.05, 0.1) is 4.88 Å². The van der Waals surface area contributed by atoms with Gasteiger partial charge in [-0.1, -0.05) is 24.3 Å². The summed E-state index contributed by atoms with van der Waals surface area (Å²) in [6, 6.07) is 12.4. The first kappa shape index (κ1) is 11.2. The molecule has 0 aliphatic rings. The van der Waals surface area contributed by atoms with Crippen LogP contribution in [0.4, 0.5) is 5.82 Å². The molecule has 90 valence electrons. The van der Waals surface area contributed by atoms with Crippen LogP contribution in [-0.4, -0.2) is 17.2 Å². The maximum absolute atomic E-state index is 4.36. The number of nitrogens with one attached hydrogen (secondary N) is 1. The zero-order valence-corrected chi connectivity index (χ0v) is 11.1. The average Bonchev–Trinajstić information content (AvgIpc) is 2.84. The van der Waals surface area contributed by atoms with Gasteiger partial charge in [-0.3, -0.25) is 0 Å². The van der Waals surface area contributed by atoms with Gasteiger partial charge >= 0.3 is 0 Å². The predicted octanol–water partition coefficient (Wildman–Crippen LogP) is 3.71. The molecule has 0 unspecified atom stereocenters. The molecule has 2 heterocycles. The summed E-state index contributed by atoms with van der Waals surface area (Å²) in [4.78, 5) is 2.45. The minimum absolute atomic E-state index is 0.822. The van der Waals surface area contributed by atoms with Crippen molar-refractivity contribution in [3.63, 3.8) is 0 Å². The third-order valence-corrected chi connectivity index (χ3v) is 3.91. The molecule has 0 amide bonds. The number of rotatable bonds is 2. The Morgan fingerprint density at radius 3 is 2.44 bits per heavy atom. The lowest BCUT2D eigenvalue weighted by Gasteiger charge is -2.07. The van der Waals surface area contributed by atoms with Gasteiger partial charge in [0.15, 0.2) is 5.82 Å². The lowest BCUT2D eigenvalue weighted by molar-refractivity contribution is 1.06. The minimum atomic E-state index is 0.822. The molecule has 1 aromatic carbocycles. The van der Waals surface area contributed by atoms with E-state index in [1.165, 1.54) is 9.75 Å². The second kappa shape index (κ2) is 4.38. The van der Waals surface area contributed by atoms with Gasteiger partial charge in [0.1, 0.15) is 5.69 Å². The van der Waals surface area contributed by atoms with Crippen molar-refractivity contribution in [2.24, 2.45) is 0 Å². The smallest absolute Gasteiger partial charge is 0.156 e. The van der Waals surface area contributed by atoms with E-state index in [1.807, 2.05) is 19.2 Å². The van der Waals surface area contributed by atoms with Crippen molar-refractivity contribution in [3.8, 4) is 10.6 Å². The third kappa shape index (κ3) is 1.75.